The molecule has 5 heteroatoms. The fourth-order valence-corrected chi connectivity index (χ4v) is 0.901. The number of halogens is 4. The summed E-state index contributed by atoms with van der Waals surface area (Å²) in [6, 6.07) is 0.987. The Bertz CT molecular complexity index is 306. The van der Waals surface area contributed by atoms with Gasteiger partial charge in [0.05, 0.1) is 6.42 Å². The zero-order valence-electron chi connectivity index (χ0n) is 6.82. The molecule has 0 spiro atoms. The molecule has 1 nitrogen and oxygen atoms in total. The molecule has 0 amide bonds. The molecule has 1 heterocycles. The number of aryl methyl sites for hydroxylation is 1. The maximum Gasteiger partial charge on any atom is 0.393 e. The first-order valence-corrected chi connectivity index (χ1v) is 3.56. The fraction of sp³-hybridized carbons (Fsp3) is 0.375. The molecule has 1 aromatic heterocycles. The van der Waals surface area contributed by atoms with Gasteiger partial charge in [0.1, 0.15) is 5.82 Å². The van der Waals surface area contributed by atoms with E-state index in [-0.39, 0.29) is 0 Å². The normalized spacial score (nSPS) is 11.8. The average Bonchev–Trinajstić information content (AvgIpc) is 1.93. The molecule has 0 fully saturated rings. The van der Waals surface area contributed by atoms with Crippen molar-refractivity contribution < 1.29 is 17.6 Å². The molecule has 1 aromatic rings. The van der Waals surface area contributed by atoms with E-state index in [9.17, 15) is 17.6 Å². The molecule has 13 heavy (non-hydrogen) atoms. The number of nitrogens with zero attached hydrogens (tertiary/aromatic N) is 1. The van der Waals surface area contributed by atoms with Crippen LogP contribution in [0.3, 0.4) is 0 Å². The lowest BCUT2D eigenvalue weighted by atomic mass is 10.2. The van der Waals surface area contributed by atoms with Crippen LogP contribution in [0.25, 0.3) is 0 Å². The Morgan fingerprint density at radius 3 is 2.46 bits per heavy atom. The quantitative estimate of drug-likeness (QED) is 0.625. The summed E-state index contributed by atoms with van der Waals surface area (Å²) in [5.74, 6) is -0.857. The van der Waals surface area contributed by atoms with Crippen molar-refractivity contribution >= 4 is 0 Å². The standard InChI is InChI=1S/C8H7F4N/c1-5-2-7(9)6(4-13-5)3-8(10,11)12/h2,4H,3H2,1H3. The molecule has 0 aliphatic carbocycles. The van der Waals surface area contributed by atoms with Gasteiger partial charge in [-0.25, -0.2) is 4.39 Å². The van der Waals surface area contributed by atoms with Gasteiger partial charge >= 0.3 is 6.18 Å². The van der Waals surface area contributed by atoms with Gasteiger partial charge in [-0.3, -0.25) is 4.98 Å². The Labute approximate surface area is 72.4 Å². The van der Waals surface area contributed by atoms with Gasteiger partial charge in [0.2, 0.25) is 0 Å². The van der Waals surface area contributed by atoms with Gasteiger partial charge in [0.15, 0.2) is 0 Å². The lowest BCUT2D eigenvalue weighted by Gasteiger charge is -2.06. The van der Waals surface area contributed by atoms with Gasteiger partial charge in [-0.1, -0.05) is 0 Å². The minimum absolute atomic E-state index is 0.364. The Hall–Kier alpha value is -1.13. The summed E-state index contributed by atoms with van der Waals surface area (Å²) in [5.41, 5.74) is -0.0541. The summed E-state index contributed by atoms with van der Waals surface area (Å²) < 4.78 is 48.3. The smallest absolute Gasteiger partial charge is 0.261 e. The van der Waals surface area contributed by atoms with Crippen LogP contribution in [0.1, 0.15) is 11.3 Å². The van der Waals surface area contributed by atoms with Crippen LogP contribution in [0.4, 0.5) is 17.6 Å². The molecule has 0 unspecified atom stereocenters. The second-order valence-corrected chi connectivity index (χ2v) is 2.71. The number of rotatable bonds is 1. The first-order valence-electron chi connectivity index (χ1n) is 3.56. The van der Waals surface area contributed by atoms with E-state index in [2.05, 4.69) is 4.98 Å². The predicted octanol–water partition coefficient (Wildman–Crippen LogP) is 2.63. The summed E-state index contributed by atoms with van der Waals surface area (Å²) in [5, 5.41) is 0. The van der Waals surface area contributed by atoms with E-state index < -0.39 is 24.0 Å². The largest absolute Gasteiger partial charge is 0.393 e. The number of hydrogen-bond donors (Lipinski definition) is 0. The number of pyridine rings is 1. The van der Waals surface area contributed by atoms with Crippen molar-refractivity contribution in [1.82, 2.24) is 4.98 Å². The summed E-state index contributed by atoms with van der Waals surface area (Å²) in [6.07, 6.45) is -4.75. The van der Waals surface area contributed by atoms with Crippen molar-refractivity contribution in [2.45, 2.75) is 19.5 Å². The van der Waals surface area contributed by atoms with Crippen LogP contribution < -0.4 is 0 Å². The van der Waals surface area contributed by atoms with Gasteiger partial charge in [0.25, 0.3) is 0 Å². The van der Waals surface area contributed by atoms with Crippen LogP contribution >= 0.6 is 0 Å². The predicted molar refractivity (Wildman–Crippen MR) is 38.7 cm³/mol. The topological polar surface area (TPSA) is 12.9 Å². The van der Waals surface area contributed by atoms with E-state index >= 15 is 0 Å². The highest BCUT2D eigenvalue weighted by atomic mass is 19.4. The molecule has 0 aliphatic rings. The number of aromatic nitrogens is 1. The van der Waals surface area contributed by atoms with E-state index in [0.717, 1.165) is 12.3 Å². The van der Waals surface area contributed by atoms with E-state index in [1.807, 2.05) is 0 Å². The van der Waals surface area contributed by atoms with Crippen LogP contribution in [0.5, 0.6) is 0 Å². The minimum atomic E-state index is -4.39. The number of alkyl halides is 3. The third kappa shape index (κ3) is 3.01. The van der Waals surface area contributed by atoms with E-state index in [0.29, 0.717) is 5.69 Å². The van der Waals surface area contributed by atoms with Crippen molar-refractivity contribution in [1.29, 1.82) is 0 Å². The van der Waals surface area contributed by atoms with Crippen LogP contribution in [-0.4, -0.2) is 11.2 Å². The first-order chi connectivity index (χ1) is 5.88. The van der Waals surface area contributed by atoms with Crippen molar-refractivity contribution in [3.05, 3.63) is 29.3 Å². The minimum Gasteiger partial charge on any atom is -0.261 e. The second-order valence-electron chi connectivity index (χ2n) is 2.71. The van der Waals surface area contributed by atoms with Crippen molar-refractivity contribution in [3.63, 3.8) is 0 Å². The Kier molecular flexibility index (Phi) is 2.54. The van der Waals surface area contributed by atoms with Crippen LogP contribution in [-0.2, 0) is 6.42 Å². The average molecular weight is 193 g/mol. The van der Waals surface area contributed by atoms with Crippen LogP contribution in [0, 0.1) is 12.7 Å². The van der Waals surface area contributed by atoms with Gasteiger partial charge in [-0.05, 0) is 13.0 Å². The summed E-state index contributed by atoms with van der Waals surface area (Å²) >= 11 is 0. The van der Waals surface area contributed by atoms with Gasteiger partial charge < -0.3 is 0 Å². The zero-order valence-corrected chi connectivity index (χ0v) is 6.82. The first kappa shape index (κ1) is 9.95. The highest BCUT2D eigenvalue weighted by Gasteiger charge is 2.29. The van der Waals surface area contributed by atoms with Crippen molar-refractivity contribution in [3.8, 4) is 0 Å². The van der Waals surface area contributed by atoms with Crippen LogP contribution in [0.2, 0.25) is 0 Å². The molecule has 0 aliphatic heterocycles. The lowest BCUT2D eigenvalue weighted by Crippen LogP contribution is -2.13. The second kappa shape index (κ2) is 3.32. The van der Waals surface area contributed by atoms with Gasteiger partial charge in [0, 0.05) is 17.5 Å². The van der Waals surface area contributed by atoms with Gasteiger partial charge in [-0.15, -0.1) is 0 Å². The number of hydrogen-bond acceptors (Lipinski definition) is 1. The molecule has 0 aromatic carbocycles. The molecule has 72 valence electrons. The molecule has 1 rings (SSSR count). The maximum atomic E-state index is 12.8. The SMILES string of the molecule is Cc1cc(F)c(CC(F)(F)F)cn1. The third-order valence-corrected chi connectivity index (χ3v) is 1.46. The Morgan fingerprint density at radius 1 is 1.38 bits per heavy atom. The molecule has 0 bridgehead atoms. The van der Waals surface area contributed by atoms with E-state index in [1.165, 1.54) is 6.92 Å². The molecular formula is C8H7F4N. The molecule has 0 N–H and O–H groups in total. The van der Waals surface area contributed by atoms with E-state index in [1.54, 1.807) is 0 Å². The molecule has 0 atom stereocenters. The van der Waals surface area contributed by atoms with Crippen molar-refractivity contribution in [2.75, 3.05) is 0 Å². The molecular weight excluding hydrogens is 186 g/mol. The zero-order chi connectivity index (χ0) is 10.1. The third-order valence-electron chi connectivity index (χ3n) is 1.46. The summed E-state index contributed by atoms with van der Waals surface area (Å²) in [7, 11) is 0. The Balaban J connectivity index is 2.90. The fourth-order valence-electron chi connectivity index (χ4n) is 0.901. The molecule has 0 saturated carbocycles. The summed E-state index contributed by atoms with van der Waals surface area (Å²) in [6.45, 7) is 1.51. The lowest BCUT2D eigenvalue weighted by molar-refractivity contribution is -0.127. The molecule has 0 radical (unpaired) electrons. The molecule has 0 saturated heterocycles. The maximum absolute atomic E-state index is 12.8. The highest BCUT2D eigenvalue weighted by molar-refractivity contribution is 5.16. The van der Waals surface area contributed by atoms with Gasteiger partial charge in [-0.2, -0.15) is 13.2 Å². The van der Waals surface area contributed by atoms with Crippen molar-refractivity contribution in [2.24, 2.45) is 0 Å². The summed E-state index contributed by atoms with van der Waals surface area (Å²) in [4.78, 5) is 3.58. The van der Waals surface area contributed by atoms with E-state index in [4.69, 9.17) is 0 Å². The highest BCUT2D eigenvalue weighted by Crippen LogP contribution is 2.22. The van der Waals surface area contributed by atoms with Crippen LogP contribution in [0.15, 0.2) is 12.3 Å². The Morgan fingerprint density at radius 2 is 2.00 bits per heavy atom. The monoisotopic (exact) mass is 193 g/mol.